The molecule has 4 rings (SSSR count). The number of carboxylic acid groups (broad SMARTS) is 1. The van der Waals surface area contributed by atoms with Crippen LogP contribution in [0.1, 0.15) is 60.5 Å². The number of benzene rings is 1. The van der Waals surface area contributed by atoms with Gasteiger partial charge >= 0.3 is 5.97 Å². The molecule has 0 bridgehead atoms. The predicted molar refractivity (Wildman–Crippen MR) is 145 cm³/mol. The van der Waals surface area contributed by atoms with Gasteiger partial charge in [0.1, 0.15) is 11.9 Å². The first kappa shape index (κ1) is 28.3. The van der Waals surface area contributed by atoms with Crippen LogP contribution in [0.25, 0.3) is 0 Å². The summed E-state index contributed by atoms with van der Waals surface area (Å²) in [5.74, 6) is -0.515. The number of aliphatic carboxylic acids is 1. The number of carboxylic acids is 1. The van der Waals surface area contributed by atoms with Crippen molar-refractivity contribution in [2.45, 2.75) is 63.6 Å². The molecule has 0 spiro atoms. The first-order chi connectivity index (χ1) is 18.4. The summed E-state index contributed by atoms with van der Waals surface area (Å²) in [6, 6.07) is 6.52. The quantitative estimate of drug-likeness (QED) is 0.373. The number of methoxy groups -OCH3 is 1. The molecule has 1 aromatic heterocycles. The molecule has 2 aliphatic heterocycles. The Morgan fingerprint density at radius 1 is 1.29 bits per heavy atom. The number of ether oxygens (including phenoxy) is 2. The fourth-order valence-corrected chi connectivity index (χ4v) is 5.50. The van der Waals surface area contributed by atoms with Crippen molar-refractivity contribution in [3.63, 3.8) is 0 Å². The maximum Gasteiger partial charge on any atom is 0.325 e. The number of aromatic nitrogens is 1. The lowest BCUT2D eigenvalue weighted by atomic mass is 10.0. The number of nitrogens with one attached hydrogen (secondary N) is 1. The summed E-state index contributed by atoms with van der Waals surface area (Å²) >= 11 is 0. The molecule has 0 radical (unpaired) electrons. The Kier molecular flexibility index (Phi) is 9.93. The highest BCUT2D eigenvalue weighted by molar-refractivity contribution is 5.77. The molecule has 1 saturated heterocycles. The Balaban J connectivity index is 1.26. The highest BCUT2D eigenvalue weighted by Crippen LogP contribution is 2.35. The zero-order valence-corrected chi connectivity index (χ0v) is 22.8. The van der Waals surface area contributed by atoms with Crippen molar-refractivity contribution in [2.75, 3.05) is 52.8 Å². The van der Waals surface area contributed by atoms with E-state index < -0.39 is 17.8 Å². The number of fused-ring (bicyclic) bond motifs is 1. The average molecular weight is 529 g/mol. The minimum absolute atomic E-state index is 0.00604. The van der Waals surface area contributed by atoms with Crippen LogP contribution in [-0.4, -0.2) is 79.4 Å². The third-order valence-electron chi connectivity index (χ3n) is 7.29. The van der Waals surface area contributed by atoms with Gasteiger partial charge in [0.25, 0.3) is 0 Å². The third kappa shape index (κ3) is 7.21. The summed E-state index contributed by atoms with van der Waals surface area (Å²) in [5, 5.41) is 13.5. The number of halogens is 1. The van der Waals surface area contributed by atoms with Crippen molar-refractivity contribution in [2.24, 2.45) is 0 Å². The van der Waals surface area contributed by atoms with Gasteiger partial charge in [0.2, 0.25) is 0 Å². The molecule has 2 N–H and O–H groups in total. The molecule has 1 unspecified atom stereocenters. The van der Waals surface area contributed by atoms with Gasteiger partial charge in [-0.15, -0.1) is 0 Å². The van der Waals surface area contributed by atoms with E-state index in [1.807, 2.05) is 23.9 Å². The number of rotatable bonds is 13. The van der Waals surface area contributed by atoms with Gasteiger partial charge in [-0.1, -0.05) is 12.5 Å². The second-order valence-electron chi connectivity index (χ2n) is 10.6. The highest BCUT2D eigenvalue weighted by Gasteiger charge is 2.36. The summed E-state index contributed by atoms with van der Waals surface area (Å²) in [4.78, 5) is 20.9. The fraction of sp³-hybridized carbons (Fsp3) is 0.586. The second-order valence-corrected chi connectivity index (χ2v) is 10.6. The number of nitrogens with zero attached hydrogens (tertiary/aromatic N) is 3. The summed E-state index contributed by atoms with van der Waals surface area (Å²) in [6.45, 7) is 3.21. The largest absolute Gasteiger partial charge is 0.493 e. The Hall–Kier alpha value is -2.75. The highest BCUT2D eigenvalue weighted by atomic mass is 19.1. The van der Waals surface area contributed by atoms with Crippen LogP contribution in [0, 0.1) is 5.82 Å². The molecule has 1 fully saturated rings. The van der Waals surface area contributed by atoms with E-state index in [1.54, 1.807) is 6.07 Å². The number of unbranched alkanes of at least 4 members (excludes halogenated alkanes) is 2. The van der Waals surface area contributed by atoms with E-state index in [0.29, 0.717) is 37.4 Å². The monoisotopic (exact) mass is 528 g/mol. The van der Waals surface area contributed by atoms with Crippen LogP contribution in [0.5, 0.6) is 5.75 Å². The number of likely N-dealkylation sites (tertiary alicyclic amines) is 1. The predicted octanol–water partition coefficient (Wildman–Crippen LogP) is 4.28. The molecule has 9 heteroatoms. The minimum atomic E-state index is -1.02. The smallest absolute Gasteiger partial charge is 0.325 e. The van der Waals surface area contributed by atoms with Crippen LogP contribution in [0.4, 0.5) is 10.2 Å². The van der Waals surface area contributed by atoms with E-state index in [2.05, 4.69) is 17.4 Å². The van der Waals surface area contributed by atoms with Gasteiger partial charge in [-0.2, -0.15) is 0 Å². The van der Waals surface area contributed by atoms with Crippen LogP contribution >= 0.6 is 0 Å². The van der Waals surface area contributed by atoms with Gasteiger partial charge in [-0.05, 0) is 81.9 Å². The van der Waals surface area contributed by atoms with E-state index in [4.69, 9.17) is 14.5 Å². The molecular formula is C29H41FN4O4. The van der Waals surface area contributed by atoms with E-state index in [0.717, 1.165) is 56.6 Å². The zero-order chi connectivity index (χ0) is 27.1. The van der Waals surface area contributed by atoms with Crippen LogP contribution in [0.3, 0.4) is 0 Å². The van der Waals surface area contributed by atoms with Gasteiger partial charge in [-0.25, -0.2) is 9.37 Å². The van der Waals surface area contributed by atoms with Gasteiger partial charge in [-0.3, -0.25) is 9.69 Å². The fourth-order valence-electron chi connectivity index (χ4n) is 5.50. The van der Waals surface area contributed by atoms with E-state index in [9.17, 15) is 14.3 Å². The Morgan fingerprint density at radius 3 is 2.89 bits per heavy atom. The topological polar surface area (TPSA) is 87.2 Å². The number of aryl methyl sites for hydroxylation is 2. The molecule has 38 heavy (non-hydrogen) atoms. The molecule has 8 nitrogen and oxygen atoms in total. The Morgan fingerprint density at radius 2 is 2.13 bits per heavy atom. The van der Waals surface area contributed by atoms with Crippen LogP contribution in [-0.2, 0) is 28.9 Å². The molecule has 3 heterocycles. The van der Waals surface area contributed by atoms with Crippen molar-refractivity contribution in [1.29, 1.82) is 0 Å². The number of hydrogen-bond donors (Lipinski definition) is 2. The SMILES string of the molecule is COc1c(F)cc(CN(C)C)cc1C(C(=O)O)N1CC[C@@H](OCCCCCc2ccc3c(n2)NCCC3)C1. The second kappa shape index (κ2) is 13.4. The number of carbonyl (C=O) groups is 1. The first-order valence-corrected chi connectivity index (χ1v) is 13.7. The lowest BCUT2D eigenvalue weighted by Crippen LogP contribution is -2.34. The Bertz CT molecular complexity index is 1100. The van der Waals surface area contributed by atoms with E-state index in [-0.39, 0.29) is 11.9 Å². The third-order valence-corrected chi connectivity index (χ3v) is 7.29. The summed E-state index contributed by atoms with van der Waals surface area (Å²) < 4.78 is 26.2. The van der Waals surface area contributed by atoms with E-state index >= 15 is 0 Å². The van der Waals surface area contributed by atoms with Crippen molar-refractivity contribution < 1.29 is 23.8 Å². The first-order valence-electron chi connectivity index (χ1n) is 13.7. The van der Waals surface area contributed by atoms with Gasteiger partial charge in [0, 0.05) is 44.0 Å². The average Bonchev–Trinajstić information content (AvgIpc) is 3.33. The molecule has 2 aromatic rings. The number of anilines is 1. The maximum absolute atomic E-state index is 14.8. The molecule has 2 atom stereocenters. The summed E-state index contributed by atoms with van der Waals surface area (Å²) in [6.07, 6.45) is 7.00. The molecule has 1 aromatic carbocycles. The molecular weight excluding hydrogens is 487 g/mol. The van der Waals surface area contributed by atoms with Crippen LogP contribution in [0.2, 0.25) is 0 Å². The van der Waals surface area contributed by atoms with Crippen molar-refractivity contribution in [3.05, 3.63) is 52.5 Å². The molecule has 2 aliphatic rings. The zero-order valence-electron chi connectivity index (χ0n) is 22.8. The number of pyridine rings is 1. The van der Waals surface area contributed by atoms with Crippen molar-refractivity contribution >= 4 is 11.8 Å². The minimum Gasteiger partial charge on any atom is -0.493 e. The van der Waals surface area contributed by atoms with Crippen LogP contribution in [0.15, 0.2) is 24.3 Å². The van der Waals surface area contributed by atoms with Gasteiger partial charge in [0.15, 0.2) is 11.6 Å². The molecule has 0 aliphatic carbocycles. The normalized spacial score (nSPS) is 18.3. The lowest BCUT2D eigenvalue weighted by Gasteiger charge is -2.27. The molecule has 208 valence electrons. The molecule has 0 amide bonds. The number of hydrogen-bond acceptors (Lipinski definition) is 7. The van der Waals surface area contributed by atoms with Crippen LogP contribution < -0.4 is 10.1 Å². The standard InChI is InChI=1S/C29H41FN4O4/c1-33(2)18-20-16-24(27(37-3)25(30)17-20)26(29(35)36)34-14-12-23(19-34)38-15-6-4-5-9-22-11-10-21-8-7-13-31-28(21)32-22/h10-11,16-17,23,26H,4-9,12-15,18-19H2,1-3H3,(H,31,32)(H,35,36)/t23-,26?/m1/s1. The summed E-state index contributed by atoms with van der Waals surface area (Å²) in [7, 11) is 5.16. The van der Waals surface area contributed by atoms with Gasteiger partial charge in [0.05, 0.1) is 13.2 Å². The summed E-state index contributed by atoms with van der Waals surface area (Å²) in [5.41, 5.74) is 3.51. The lowest BCUT2D eigenvalue weighted by molar-refractivity contribution is -0.143. The van der Waals surface area contributed by atoms with E-state index in [1.165, 1.54) is 25.2 Å². The molecule has 0 saturated carbocycles. The van der Waals surface area contributed by atoms with Crippen molar-refractivity contribution in [3.8, 4) is 5.75 Å². The maximum atomic E-state index is 14.8. The van der Waals surface area contributed by atoms with Crippen molar-refractivity contribution in [1.82, 2.24) is 14.8 Å². The van der Waals surface area contributed by atoms with Gasteiger partial charge < -0.3 is 24.8 Å². The Labute approximate surface area is 225 Å².